The highest BCUT2D eigenvalue weighted by Crippen LogP contribution is 2.18. The van der Waals surface area contributed by atoms with Crippen molar-refractivity contribution in [1.29, 1.82) is 0 Å². The molecule has 1 rings (SSSR count). The summed E-state index contributed by atoms with van der Waals surface area (Å²) >= 11 is 0. The van der Waals surface area contributed by atoms with Crippen molar-refractivity contribution in [2.75, 3.05) is 33.2 Å². The third kappa shape index (κ3) is 9.17. The van der Waals surface area contributed by atoms with Gasteiger partial charge in [-0.05, 0) is 31.9 Å². The number of nitrogens with zero attached hydrogens (tertiary/aromatic N) is 3. The number of aromatic nitrogens is 1. The molecule has 0 aliphatic rings. The van der Waals surface area contributed by atoms with Gasteiger partial charge >= 0.3 is 0 Å². The first-order chi connectivity index (χ1) is 13.4. The minimum atomic E-state index is -0.747. The maximum Gasteiger partial charge on any atom is 0.244 e. The van der Waals surface area contributed by atoms with E-state index < -0.39 is 5.60 Å². The fourth-order valence-electron chi connectivity index (χ4n) is 3.04. The van der Waals surface area contributed by atoms with Crippen LogP contribution in [0.5, 0.6) is 0 Å². The Hall–Kier alpha value is -2.15. The first-order valence-corrected chi connectivity index (χ1v) is 10.3. The van der Waals surface area contributed by atoms with Crippen LogP contribution in [0.4, 0.5) is 0 Å². The van der Waals surface area contributed by atoms with Crippen LogP contribution in [0.15, 0.2) is 29.4 Å². The van der Waals surface area contributed by atoms with Crippen LogP contribution in [0, 0.1) is 0 Å². The molecular weight excluding hydrogens is 354 g/mol. The number of carbonyl (C=O) groups is 1. The summed E-state index contributed by atoms with van der Waals surface area (Å²) in [4.78, 5) is 22.7. The summed E-state index contributed by atoms with van der Waals surface area (Å²) in [5.74, 6) is 0.505. The molecule has 28 heavy (non-hydrogen) atoms. The van der Waals surface area contributed by atoms with Gasteiger partial charge in [-0.25, -0.2) is 4.99 Å². The minimum Gasteiger partial charge on any atom is -0.388 e. The van der Waals surface area contributed by atoms with Gasteiger partial charge in [-0.15, -0.1) is 0 Å². The van der Waals surface area contributed by atoms with Gasteiger partial charge < -0.3 is 20.6 Å². The summed E-state index contributed by atoms with van der Waals surface area (Å²) in [5.41, 5.74) is 0.218. The van der Waals surface area contributed by atoms with Crippen LogP contribution < -0.4 is 10.6 Å². The molecule has 0 fully saturated rings. The van der Waals surface area contributed by atoms with E-state index in [4.69, 9.17) is 0 Å². The van der Waals surface area contributed by atoms with Crippen molar-refractivity contribution in [3.8, 4) is 0 Å². The van der Waals surface area contributed by atoms with Gasteiger partial charge in [0.05, 0.1) is 5.60 Å². The summed E-state index contributed by atoms with van der Waals surface area (Å²) in [6, 6.07) is 5.78. The Kier molecular flexibility index (Phi) is 11.2. The van der Waals surface area contributed by atoms with Crippen LogP contribution in [-0.4, -0.2) is 65.7 Å². The maximum absolute atomic E-state index is 12.4. The SMILES string of the molecule is CCCC(O)(CCC)CNC(=NCC(=O)N(C)CCc1ccccn1)NCC. The van der Waals surface area contributed by atoms with E-state index in [1.54, 1.807) is 18.1 Å². The molecule has 1 amide bonds. The molecule has 0 saturated carbocycles. The first-order valence-electron chi connectivity index (χ1n) is 10.3. The van der Waals surface area contributed by atoms with Crippen LogP contribution in [0.2, 0.25) is 0 Å². The smallest absolute Gasteiger partial charge is 0.244 e. The van der Waals surface area contributed by atoms with Gasteiger partial charge in [0.25, 0.3) is 0 Å². The van der Waals surface area contributed by atoms with Crippen molar-refractivity contribution in [1.82, 2.24) is 20.5 Å². The van der Waals surface area contributed by atoms with Gasteiger partial charge in [0.15, 0.2) is 5.96 Å². The molecule has 1 aromatic rings. The van der Waals surface area contributed by atoms with Crippen molar-refractivity contribution < 1.29 is 9.90 Å². The number of hydrogen-bond acceptors (Lipinski definition) is 4. The van der Waals surface area contributed by atoms with Crippen LogP contribution in [0.25, 0.3) is 0 Å². The van der Waals surface area contributed by atoms with Gasteiger partial charge in [0.2, 0.25) is 5.91 Å². The third-order valence-electron chi connectivity index (χ3n) is 4.59. The number of rotatable bonds is 12. The Balaban J connectivity index is 2.55. The molecule has 0 spiro atoms. The first kappa shape index (κ1) is 23.9. The third-order valence-corrected chi connectivity index (χ3v) is 4.59. The number of nitrogens with one attached hydrogen (secondary N) is 2. The number of amides is 1. The Labute approximate surface area is 169 Å². The summed E-state index contributed by atoms with van der Waals surface area (Å²) in [5, 5.41) is 17.1. The second-order valence-electron chi connectivity index (χ2n) is 7.16. The predicted molar refractivity (Wildman–Crippen MR) is 114 cm³/mol. The predicted octanol–water partition coefficient (Wildman–Crippen LogP) is 1.97. The lowest BCUT2D eigenvalue weighted by Crippen LogP contribution is -2.47. The van der Waals surface area contributed by atoms with E-state index in [-0.39, 0.29) is 12.5 Å². The van der Waals surface area contributed by atoms with Gasteiger partial charge in [0, 0.05) is 45.0 Å². The number of likely N-dealkylation sites (N-methyl/N-ethyl adjacent to an activating group) is 1. The van der Waals surface area contributed by atoms with Crippen LogP contribution in [0.1, 0.15) is 52.1 Å². The average Bonchev–Trinajstić information content (AvgIpc) is 2.69. The molecule has 0 bridgehead atoms. The molecule has 0 radical (unpaired) electrons. The summed E-state index contributed by atoms with van der Waals surface area (Å²) in [7, 11) is 1.78. The molecule has 7 nitrogen and oxygen atoms in total. The maximum atomic E-state index is 12.4. The molecule has 1 heterocycles. The van der Waals surface area contributed by atoms with Crippen molar-refractivity contribution in [2.45, 2.75) is 58.5 Å². The Morgan fingerprint density at radius 1 is 1.21 bits per heavy atom. The van der Waals surface area contributed by atoms with E-state index in [0.29, 0.717) is 32.0 Å². The molecule has 0 aliphatic carbocycles. The van der Waals surface area contributed by atoms with Crippen LogP contribution >= 0.6 is 0 Å². The molecule has 0 saturated heterocycles. The van der Waals surface area contributed by atoms with Gasteiger partial charge in [-0.2, -0.15) is 0 Å². The number of guanidine groups is 1. The normalized spacial score (nSPS) is 12.0. The number of carbonyl (C=O) groups excluding carboxylic acids is 1. The zero-order chi connectivity index (χ0) is 20.8. The number of hydrogen-bond donors (Lipinski definition) is 3. The molecule has 1 aromatic heterocycles. The van der Waals surface area contributed by atoms with Gasteiger partial charge in [-0.1, -0.05) is 32.8 Å². The summed E-state index contributed by atoms with van der Waals surface area (Å²) < 4.78 is 0. The van der Waals surface area contributed by atoms with E-state index in [0.717, 1.165) is 31.4 Å². The monoisotopic (exact) mass is 391 g/mol. The molecule has 0 aliphatic heterocycles. The lowest BCUT2D eigenvalue weighted by atomic mass is 9.93. The minimum absolute atomic E-state index is 0.0505. The zero-order valence-electron chi connectivity index (χ0n) is 17.9. The number of pyridine rings is 1. The van der Waals surface area contributed by atoms with Crippen molar-refractivity contribution in [2.24, 2.45) is 4.99 Å². The largest absolute Gasteiger partial charge is 0.388 e. The summed E-state index contributed by atoms with van der Waals surface area (Å²) in [6.45, 7) is 7.89. The second-order valence-corrected chi connectivity index (χ2v) is 7.16. The molecular formula is C21H37N5O2. The zero-order valence-corrected chi connectivity index (χ0v) is 17.9. The molecule has 7 heteroatoms. The fraction of sp³-hybridized carbons (Fsp3) is 0.667. The highest BCUT2D eigenvalue weighted by Gasteiger charge is 2.25. The van der Waals surface area contributed by atoms with E-state index in [2.05, 4.69) is 34.5 Å². The molecule has 0 atom stereocenters. The van der Waals surface area contributed by atoms with Crippen LogP contribution in [-0.2, 0) is 11.2 Å². The molecule has 158 valence electrons. The van der Waals surface area contributed by atoms with Gasteiger partial charge in [-0.3, -0.25) is 9.78 Å². The standard InChI is InChI=1S/C21H37N5O2/c1-5-12-21(28,13-6-2)17-25-20(22-7-3)24-16-19(27)26(4)15-11-18-10-8-9-14-23-18/h8-10,14,28H,5-7,11-13,15-17H2,1-4H3,(H2,22,24,25). The Morgan fingerprint density at radius 2 is 1.93 bits per heavy atom. The topological polar surface area (TPSA) is 89.8 Å². The fourth-order valence-corrected chi connectivity index (χ4v) is 3.04. The van der Waals surface area contributed by atoms with E-state index in [1.165, 1.54) is 0 Å². The lowest BCUT2D eigenvalue weighted by molar-refractivity contribution is -0.128. The van der Waals surface area contributed by atoms with E-state index in [1.807, 2.05) is 25.1 Å². The molecule has 0 aromatic carbocycles. The van der Waals surface area contributed by atoms with Gasteiger partial charge in [0.1, 0.15) is 6.54 Å². The van der Waals surface area contributed by atoms with Crippen molar-refractivity contribution in [3.63, 3.8) is 0 Å². The quantitative estimate of drug-likeness (QED) is 0.374. The highest BCUT2D eigenvalue weighted by molar-refractivity contribution is 5.84. The average molecular weight is 392 g/mol. The highest BCUT2D eigenvalue weighted by atomic mass is 16.3. The number of aliphatic imine (C=N–C) groups is 1. The van der Waals surface area contributed by atoms with E-state index in [9.17, 15) is 9.90 Å². The lowest BCUT2D eigenvalue weighted by Gasteiger charge is -2.28. The molecule has 3 N–H and O–H groups in total. The number of aliphatic hydroxyl groups is 1. The van der Waals surface area contributed by atoms with Crippen LogP contribution in [0.3, 0.4) is 0 Å². The second kappa shape index (κ2) is 13.1. The van der Waals surface area contributed by atoms with Crippen molar-refractivity contribution >= 4 is 11.9 Å². The van der Waals surface area contributed by atoms with Crippen molar-refractivity contribution in [3.05, 3.63) is 30.1 Å². The summed E-state index contributed by atoms with van der Waals surface area (Å²) in [6.07, 6.45) is 5.79. The Bertz CT molecular complexity index is 586. The van der Waals surface area contributed by atoms with E-state index >= 15 is 0 Å². The Morgan fingerprint density at radius 3 is 2.50 bits per heavy atom. The molecule has 0 unspecified atom stereocenters.